The van der Waals surface area contributed by atoms with Crippen LogP contribution in [0.2, 0.25) is 0 Å². The van der Waals surface area contributed by atoms with E-state index in [9.17, 15) is 4.79 Å². The van der Waals surface area contributed by atoms with E-state index >= 15 is 0 Å². The van der Waals surface area contributed by atoms with Crippen LogP contribution in [0, 0.1) is 18.8 Å². The Bertz CT molecular complexity index is 517. The highest BCUT2D eigenvalue weighted by Gasteiger charge is 2.10. The van der Waals surface area contributed by atoms with Gasteiger partial charge < -0.3 is 10.4 Å². The maximum atomic E-state index is 12.2. The Morgan fingerprint density at radius 1 is 1.50 bits per heavy atom. The summed E-state index contributed by atoms with van der Waals surface area (Å²) in [5, 5.41) is 12.2. The molecule has 1 aromatic rings. The Morgan fingerprint density at radius 3 is 2.90 bits per heavy atom. The van der Waals surface area contributed by atoms with E-state index < -0.39 is 0 Å². The van der Waals surface area contributed by atoms with Gasteiger partial charge >= 0.3 is 0 Å². The van der Waals surface area contributed by atoms with Gasteiger partial charge in [0.15, 0.2) is 0 Å². The molecule has 1 rings (SSSR count). The number of nitrogens with one attached hydrogen (secondary N) is 1. The summed E-state index contributed by atoms with van der Waals surface area (Å²) >= 11 is 1.79. The number of carbonyl (C=O) groups is 1. The Kier molecular flexibility index (Phi) is 7.21. The Hall–Kier alpha value is -1.44. The van der Waals surface area contributed by atoms with Crippen LogP contribution in [0.3, 0.4) is 0 Å². The molecule has 0 heterocycles. The molecule has 0 spiro atoms. The van der Waals surface area contributed by atoms with Crippen LogP contribution in [-0.4, -0.2) is 35.7 Å². The van der Waals surface area contributed by atoms with E-state index in [1.807, 2.05) is 19.1 Å². The highest BCUT2D eigenvalue weighted by molar-refractivity contribution is 7.99. The molecule has 0 aliphatic rings. The molecule has 1 atom stereocenters. The van der Waals surface area contributed by atoms with Crippen molar-refractivity contribution in [2.45, 2.75) is 25.5 Å². The zero-order valence-corrected chi connectivity index (χ0v) is 13.0. The first-order chi connectivity index (χ1) is 9.58. The number of rotatable bonds is 5. The fourth-order valence-electron chi connectivity index (χ4n) is 1.70. The summed E-state index contributed by atoms with van der Waals surface area (Å²) < 4.78 is 0. The minimum Gasteiger partial charge on any atom is -0.384 e. The first kappa shape index (κ1) is 16.6. The smallest absolute Gasteiger partial charge is 0.252 e. The van der Waals surface area contributed by atoms with Gasteiger partial charge in [0, 0.05) is 17.4 Å². The van der Waals surface area contributed by atoms with Crippen LogP contribution in [0.5, 0.6) is 0 Å². The monoisotopic (exact) mass is 291 g/mol. The number of aliphatic hydroxyl groups is 1. The van der Waals surface area contributed by atoms with E-state index in [0.29, 0.717) is 22.9 Å². The van der Waals surface area contributed by atoms with E-state index in [4.69, 9.17) is 5.11 Å². The van der Waals surface area contributed by atoms with Crippen molar-refractivity contribution in [1.29, 1.82) is 0 Å². The third-order valence-electron chi connectivity index (χ3n) is 2.96. The minimum atomic E-state index is -0.208. The molecule has 20 heavy (non-hydrogen) atoms. The second kappa shape index (κ2) is 8.68. The number of amides is 1. The molecular weight excluding hydrogens is 270 g/mol. The SMILES string of the molecule is CSC(C)CCNC(=O)c1ccc(C)cc1C#CCO. The molecular formula is C16H21NO2S. The predicted molar refractivity (Wildman–Crippen MR) is 85.1 cm³/mol. The van der Waals surface area contributed by atoms with Gasteiger partial charge in [-0.2, -0.15) is 11.8 Å². The van der Waals surface area contributed by atoms with Crippen LogP contribution in [0.25, 0.3) is 0 Å². The van der Waals surface area contributed by atoms with Gasteiger partial charge in [0.05, 0.1) is 5.56 Å². The third-order valence-corrected chi connectivity index (χ3v) is 4.00. The Labute approximate surface area is 125 Å². The molecule has 0 aliphatic carbocycles. The molecule has 4 heteroatoms. The average Bonchev–Trinajstić information content (AvgIpc) is 2.44. The summed E-state index contributed by atoms with van der Waals surface area (Å²) in [4.78, 5) is 12.2. The van der Waals surface area contributed by atoms with E-state index in [2.05, 4.69) is 30.3 Å². The first-order valence-corrected chi connectivity index (χ1v) is 7.88. The number of hydrogen-bond donors (Lipinski definition) is 2. The molecule has 0 aliphatic heterocycles. The van der Waals surface area contributed by atoms with Crippen molar-refractivity contribution >= 4 is 17.7 Å². The zero-order chi connectivity index (χ0) is 15.0. The van der Waals surface area contributed by atoms with Crippen LogP contribution in [0.1, 0.15) is 34.8 Å². The number of aryl methyl sites for hydroxylation is 1. The third kappa shape index (κ3) is 5.28. The number of thioether (sulfide) groups is 1. The molecule has 0 saturated heterocycles. The highest BCUT2D eigenvalue weighted by atomic mass is 32.2. The van der Waals surface area contributed by atoms with Crippen LogP contribution < -0.4 is 5.32 Å². The van der Waals surface area contributed by atoms with Crippen LogP contribution in [0.4, 0.5) is 0 Å². The van der Waals surface area contributed by atoms with Gasteiger partial charge in [-0.1, -0.05) is 24.8 Å². The van der Waals surface area contributed by atoms with Gasteiger partial charge in [0.2, 0.25) is 0 Å². The second-order valence-corrected chi connectivity index (χ2v) is 5.88. The van der Waals surface area contributed by atoms with Gasteiger partial charge in [-0.25, -0.2) is 0 Å². The molecule has 3 nitrogen and oxygen atoms in total. The topological polar surface area (TPSA) is 49.3 Å². The minimum absolute atomic E-state index is 0.111. The van der Waals surface area contributed by atoms with Crippen molar-refractivity contribution < 1.29 is 9.90 Å². The molecule has 1 amide bonds. The van der Waals surface area contributed by atoms with Gasteiger partial charge in [-0.15, -0.1) is 0 Å². The average molecular weight is 291 g/mol. The molecule has 2 N–H and O–H groups in total. The van der Waals surface area contributed by atoms with Crippen molar-refractivity contribution in [1.82, 2.24) is 5.32 Å². The summed E-state index contributed by atoms with van der Waals surface area (Å²) in [6, 6.07) is 5.54. The summed E-state index contributed by atoms with van der Waals surface area (Å²) in [7, 11) is 0. The lowest BCUT2D eigenvalue weighted by atomic mass is 10.0. The molecule has 0 bridgehead atoms. The van der Waals surface area contributed by atoms with Crippen LogP contribution >= 0.6 is 11.8 Å². The lowest BCUT2D eigenvalue weighted by Crippen LogP contribution is -2.26. The van der Waals surface area contributed by atoms with E-state index in [1.165, 1.54) is 0 Å². The largest absolute Gasteiger partial charge is 0.384 e. The molecule has 1 unspecified atom stereocenters. The maximum absolute atomic E-state index is 12.2. The van der Waals surface area contributed by atoms with Gasteiger partial charge in [0.1, 0.15) is 6.61 Å². The second-order valence-electron chi connectivity index (χ2n) is 4.60. The van der Waals surface area contributed by atoms with Crippen molar-refractivity contribution in [3.05, 3.63) is 34.9 Å². The van der Waals surface area contributed by atoms with Gasteiger partial charge in [-0.3, -0.25) is 4.79 Å². The highest BCUT2D eigenvalue weighted by Crippen LogP contribution is 2.12. The van der Waals surface area contributed by atoms with Crippen LogP contribution in [0.15, 0.2) is 18.2 Å². The lowest BCUT2D eigenvalue weighted by molar-refractivity contribution is 0.0953. The molecule has 0 saturated carbocycles. The predicted octanol–water partition coefficient (Wildman–Crippen LogP) is 2.21. The summed E-state index contributed by atoms with van der Waals surface area (Å²) in [6.45, 7) is 4.54. The molecule has 108 valence electrons. The molecule has 0 aromatic heterocycles. The standard InChI is InChI=1S/C16H21NO2S/c1-12-6-7-15(14(11-12)5-4-10-18)16(19)17-9-8-13(2)20-3/h6-7,11,13,18H,8-10H2,1-3H3,(H,17,19). The van der Waals surface area contributed by atoms with Gasteiger partial charge in [0.25, 0.3) is 5.91 Å². The maximum Gasteiger partial charge on any atom is 0.252 e. The van der Waals surface area contributed by atoms with Gasteiger partial charge in [-0.05, 0) is 37.3 Å². The Balaban J connectivity index is 2.76. The number of carbonyl (C=O) groups excluding carboxylic acids is 1. The normalized spacial score (nSPS) is 11.4. The van der Waals surface area contributed by atoms with E-state index in [-0.39, 0.29) is 12.5 Å². The fraction of sp³-hybridized carbons (Fsp3) is 0.438. The molecule has 0 radical (unpaired) electrons. The van der Waals surface area contributed by atoms with Crippen molar-refractivity contribution in [3.8, 4) is 11.8 Å². The quantitative estimate of drug-likeness (QED) is 0.818. The zero-order valence-electron chi connectivity index (χ0n) is 12.2. The number of benzene rings is 1. The van der Waals surface area contributed by atoms with Crippen LogP contribution in [-0.2, 0) is 0 Å². The van der Waals surface area contributed by atoms with E-state index in [1.54, 1.807) is 17.8 Å². The summed E-state index contributed by atoms with van der Waals surface area (Å²) in [6.07, 6.45) is 3.01. The van der Waals surface area contributed by atoms with Crippen molar-refractivity contribution in [2.75, 3.05) is 19.4 Å². The first-order valence-electron chi connectivity index (χ1n) is 6.60. The van der Waals surface area contributed by atoms with Crippen molar-refractivity contribution in [2.24, 2.45) is 0 Å². The number of hydrogen-bond acceptors (Lipinski definition) is 3. The summed E-state index contributed by atoms with van der Waals surface area (Å²) in [5.74, 6) is 5.31. The number of aliphatic hydroxyl groups excluding tert-OH is 1. The molecule has 0 fully saturated rings. The Morgan fingerprint density at radius 2 is 2.25 bits per heavy atom. The van der Waals surface area contributed by atoms with Crippen molar-refractivity contribution in [3.63, 3.8) is 0 Å². The summed E-state index contributed by atoms with van der Waals surface area (Å²) in [5.41, 5.74) is 2.27. The molecule has 1 aromatic carbocycles. The van der Waals surface area contributed by atoms with E-state index in [0.717, 1.165) is 12.0 Å². The fourth-order valence-corrected chi connectivity index (χ4v) is 2.05. The lowest BCUT2D eigenvalue weighted by Gasteiger charge is -2.10.